The second-order valence-corrected chi connectivity index (χ2v) is 5.52. The number of aryl methyl sites for hydroxylation is 2. The van der Waals surface area contributed by atoms with E-state index in [4.69, 9.17) is 4.42 Å². The Morgan fingerprint density at radius 3 is 2.89 bits per heavy atom. The minimum atomic E-state index is 0.705. The van der Waals surface area contributed by atoms with E-state index in [9.17, 15) is 0 Å². The molecule has 92 valence electrons. The van der Waals surface area contributed by atoms with Gasteiger partial charge in [-0.25, -0.2) is 4.98 Å². The third-order valence-electron chi connectivity index (χ3n) is 2.76. The van der Waals surface area contributed by atoms with Crippen molar-refractivity contribution in [3.8, 4) is 0 Å². The van der Waals surface area contributed by atoms with Crippen LogP contribution in [0.3, 0.4) is 0 Å². The van der Waals surface area contributed by atoms with Crippen LogP contribution < -0.4 is 5.32 Å². The highest BCUT2D eigenvalue weighted by molar-refractivity contribution is 7.18. The fourth-order valence-corrected chi connectivity index (χ4v) is 2.79. The zero-order chi connectivity index (χ0) is 12.5. The first-order valence-corrected chi connectivity index (χ1v) is 6.69. The van der Waals surface area contributed by atoms with Gasteiger partial charge in [-0.05, 0) is 44.2 Å². The van der Waals surface area contributed by atoms with Gasteiger partial charge in [-0.15, -0.1) is 11.3 Å². The molecule has 0 fully saturated rings. The number of hydrogen-bond acceptors (Lipinski definition) is 4. The smallest absolute Gasteiger partial charge is 0.123 e. The number of hydrogen-bond donors (Lipinski definition) is 1. The first kappa shape index (κ1) is 11.3. The van der Waals surface area contributed by atoms with Crippen LogP contribution in [0.5, 0.6) is 0 Å². The Kier molecular flexibility index (Phi) is 2.80. The minimum absolute atomic E-state index is 0.705. The highest BCUT2D eigenvalue weighted by Crippen LogP contribution is 2.25. The molecule has 0 aliphatic heterocycles. The maximum Gasteiger partial charge on any atom is 0.123 e. The second kappa shape index (κ2) is 4.46. The predicted octanol–water partition coefficient (Wildman–Crippen LogP) is 4.12. The van der Waals surface area contributed by atoms with Crippen molar-refractivity contribution in [2.45, 2.75) is 20.4 Å². The Bertz CT molecular complexity index is 684. The molecule has 0 spiro atoms. The molecular weight excluding hydrogens is 244 g/mol. The number of benzene rings is 1. The first-order valence-electron chi connectivity index (χ1n) is 5.87. The number of rotatable bonds is 3. The molecule has 0 atom stereocenters. The molecule has 0 saturated carbocycles. The van der Waals surface area contributed by atoms with Crippen molar-refractivity contribution in [3.05, 3.63) is 46.9 Å². The van der Waals surface area contributed by atoms with Gasteiger partial charge < -0.3 is 9.73 Å². The standard InChI is InChI=1S/C14H14N2OS/c1-9-3-5-12(17-9)8-15-11-4-6-13-14(7-11)18-10(2)16-13/h3-7,15H,8H2,1-2H3. The van der Waals surface area contributed by atoms with E-state index < -0.39 is 0 Å². The molecule has 1 N–H and O–H groups in total. The largest absolute Gasteiger partial charge is 0.465 e. The van der Waals surface area contributed by atoms with Gasteiger partial charge in [0.05, 0.1) is 21.8 Å². The van der Waals surface area contributed by atoms with Crippen LogP contribution in [0.25, 0.3) is 10.2 Å². The van der Waals surface area contributed by atoms with Gasteiger partial charge >= 0.3 is 0 Å². The molecule has 18 heavy (non-hydrogen) atoms. The Morgan fingerprint density at radius 2 is 2.11 bits per heavy atom. The fraction of sp³-hybridized carbons (Fsp3) is 0.214. The Morgan fingerprint density at radius 1 is 1.22 bits per heavy atom. The summed E-state index contributed by atoms with van der Waals surface area (Å²) in [6.07, 6.45) is 0. The van der Waals surface area contributed by atoms with Crippen LogP contribution >= 0.6 is 11.3 Å². The van der Waals surface area contributed by atoms with Gasteiger partial charge in [0.1, 0.15) is 11.5 Å². The summed E-state index contributed by atoms with van der Waals surface area (Å²) < 4.78 is 6.74. The third-order valence-corrected chi connectivity index (χ3v) is 3.69. The average molecular weight is 258 g/mol. The van der Waals surface area contributed by atoms with Gasteiger partial charge in [0.25, 0.3) is 0 Å². The van der Waals surface area contributed by atoms with Crippen molar-refractivity contribution < 1.29 is 4.42 Å². The van der Waals surface area contributed by atoms with E-state index in [0.29, 0.717) is 6.54 Å². The van der Waals surface area contributed by atoms with Crippen LogP contribution in [-0.4, -0.2) is 4.98 Å². The average Bonchev–Trinajstić information content (AvgIpc) is 2.90. The van der Waals surface area contributed by atoms with E-state index in [1.54, 1.807) is 11.3 Å². The van der Waals surface area contributed by atoms with Gasteiger partial charge in [-0.1, -0.05) is 0 Å². The fourth-order valence-electron chi connectivity index (χ4n) is 1.92. The van der Waals surface area contributed by atoms with Crippen LogP contribution in [0.2, 0.25) is 0 Å². The van der Waals surface area contributed by atoms with E-state index in [1.165, 1.54) is 4.70 Å². The zero-order valence-corrected chi connectivity index (χ0v) is 11.2. The Labute approximate surface area is 109 Å². The van der Waals surface area contributed by atoms with Crippen LogP contribution in [0.1, 0.15) is 16.5 Å². The van der Waals surface area contributed by atoms with Crippen molar-refractivity contribution in [2.24, 2.45) is 0 Å². The monoisotopic (exact) mass is 258 g/mol. The summed E-state index contributed by atoms with van der Waals surface area (Å²) >= 11 is 1.72. The SMILES string of the molecule is Cc1ccc(CNc2ccc3nc(C)sc3c2)o1. The number of aromatic nitrogens is 1. The van der Waals surface area contributed by atoms with E-state index in [2.05, 4.69) is 28.5 Å². The van der Waals surface area contributed by atoms with Gasteiger partial charge in [0.2, 0.25) is 0 Å². The summed E-state index contributed by atoms with van der Waals surface area (Å²) in [5.74, 6) is 1.90. The van der Waals surface area contributed by atoms with E-state index in [0.717, 1.165) is 27.7 Å². The Balaban J connectivity index is 1.78. The topological polar surface area (TPSA) is 38.1 Å². The van der Waals surface area contributed by atoms with E-state index in [1.807, 2.05) is 26.0 Å². The van der Waals surface area contributed by atoms with Crippen molar-refractivity contribution in [1.82, 2.24) is 4.98 Å². The summed E-state index contributed by atoms with van der Waals surface area (Å²) in [6.45, 7) is 4.69. The van der Waals surface area contributed by atoms with Gasteiger partial charge in [0.15, 0.2) is 0 Å². The van der Waals surface area contributed by atoms with Crippen molar-refractivity contribution in [2.75, 3.05) is 5.32 Å². The van der Waals surface area contributed by atoms with Gasteiger partial charge in [-0.2, -0.15) is 0 Å². The number of fused-ring (bicyclic) bond motifs is 1. The molecule has 0 saturated heterocycles. The highest BCUT2D eigenvalue weighted by Gasteiger charge is 2.02. The van der Waals surface area contributed by atoms with Gasteiger partial charge in [0, 0.05) is 5.69 Å². The predicted molar refractivity (Wildman–Crippen MR) is 75.1 cm³/mol. The molecule has 4 heteroatoms. The van der Waals surface area contributed by atoms with Crippen LogP contribution in [-0.2, 0) is 6.54 Å². The normalized spacial score (nSPS) is 11.0. The zero-order valence-electron chi connectivity index (χ0n) is 10.4. The first-order chi connectivity index (χ1) is 8.70. The number of anilines is 1. The van der Waals surface area contributed by atoms with Crippen molar-refractivity contribution in [3.63, 3.8) is 0 Å². The lowest BCUT2D eigenvalue weighted by molar-refractivity contribution is 0.490. The molecule has 0 aliphatic rings. The number of nitrogens with one attached hydrogen (secondary N) is 1. The summed E-state index contributed by atoms with van der Waals surface area (Å²) in [5, 5.41) is 4.46. The molecule has 1 aromatic carbocycles. The van der Waals surface area contributed by atoms with Crippen LogP contribution in [0.4, 0.5) is 5.69 Å². The Hall–Kier alpha value is -1.81. The molecule has 0 amide bonds. The molecule has 3 nitrogen and oxygen atoms in total. The van der Waals surface area contributed by atoms with Crippen molar-refractivity contribution in [1.29, 1.82) is 0 Å². The number of nitrogens with zero attached hydrogens (tertiary/aromatic N) is 1. The molecule has 0 aliphatic carbocycles. The van der Waals surface area contributed by atoms with E-state index in [-0.39, 0.29) is 0 Å². The molecule has 2 aromatic heterocycles. The lowest BCUT2D eigenvalue weighted by atomic mass is 10.3. The minimum Gasteiger partial charge on any atom is -0.465 e. The molecule has 0 radical (unpaired) electrons. The lowest BCUT2D eigenvalue weighted by Gasteiger charge is -2.03. The van der Waals surface area contributed by atoms with E-state index >= 15 is 0 Å². The molecule has 3 aromatic rings. The number of thiazole rings is 1. The molecule has 2 heterocycles. The maximum atomic E-state index is 5.52. The van der Waals surface area contributed by atoms with Crippen LogP contribution in [0.15, 0.2) is 34.7 Å². The molecule has 0 unspecified atom stereocenters. The number of furan rings is 1. The third kappa shape index (κ3) is 2.24. The second-order valence-electron chi connectivity index (χ2n) is 4.28. The van der Waals surface area contributed by atoms with Crippen LogP contribution in [0, 0.1) is 13.8 Å². The maximum absolute atomic E-state index is 5.52. The summed E-state index contributed by atoms with van der Waals surface area (Å²) in [4.78, 5) is 4.45. The molecular formula is C14H14N2OS. The highest BCUT2D eigenvalue weighted by atomic mass is 32.1. The molecule has 3 rings (SSSR count). The molecule has 0 bridgehead atoms. The summed E-state index contributed by atoms with van der Waals surface area (Å²) in [7, 11) is 0. The summed E-state index contributed by atoms with van der Waals surface area (Å²) in [5.41, 5.74) is 2.16. The quantitative estimate of drug-likeness (QED) is 0.768. The van der Waals surface area contributed by atoms with Gasteiger partial charge in [-0.3, -0.25) is 0 Å². The van der Waals surface area contributed by atoms with Crippen molar-refractivity contribution >= 4 is 27.2 Å². The lowest BCUT2D eigenvalue weighted by Crippen LogP contribution is -1.97. The summed E-state index contributed by atoms with van der Waals surface area (Å²) in [6, 6.07) is 10.2.